The van der Waals surface area contributed by atoms with Crippen molar-refractivity contribution >= 4 is 0 Å². The Labute approximate surface area is 82.3 Å². The van der Waals surface area contributed by atoms with Crippen molar-refractivity contribution in [3.63, 3.8) is 0 Å². The van der Waals surface area contributed by atoms with Gasteiger partial charge in [0.25, 0.3) is 0 Å². The van der Waals surface area contributed by atoms with Gasteiger partial charge in [-0.05, 0) is 25.3 Å². The molecule has 0 N–H and O–H groups in total. The topological polar surface area (TPSA) is 12.5 Å². The Kier molecular flexibility index (Phi) is 4.74. The van der Waals surface area contributed by atoms with Gasteiger partial charge in [0.1, 0.15) is 0 Å². The average Bonchev–Trinajstić information content (AvgIpc) is 2.54. The normalized spacial score (nSPS) is 26.5. The molecule has 1 saturated heterocycles. The summed E-state index contributed by atoms with van der Waals surface area (Å²) in [7, 11) is 1.81. The minimum atomic E-state index is 0.694. The highest BCUT2D eigenvalue weighted by Crippen LogP contribution is 2.19. The highest BCUT2D eigenvalue weighted by molar-refractivity contribution is 4.79. The summed E-state index contributed by atoms with van der Waals surface area (Å²) in [5.74, 6) is 0.831. The average molecular weight is 185 g/mol. The van der Waals surface area contributed by atoms with E-state index in [0.29, 0.717) is 6.04 Å². The molecule has 2 nitrogen and oxygen atoms in total. The Hall–Kier alpha value is -0.0800. The standard InChI is InChI=1S/C11H23NO/c1-4-10(2)8-12-7-5-6-11(12)9-13-3/h10-11H,4-9H2,1-3H3/t10?,11-/m0/s1. The largest absolute Gasteiger partial charge is 0.383 e. The molecule has 1 heterocycles. The fraction of sp³-hybridized carbons (Fsp3) is 1.00. The summed E-state index contributed by atoms with van der Waals surface area (Å²) < 4.78 is 5.23. The molecular formula is C11H23NO. The van der Waals surface area contributed by atoms with E-state index in [1.54, 1.807) is 7.11 Å². The van der Waals surface area contributed by atoms with Crippen molar-refractivity contribution in [3.8, 4) is 0 Å². The number of rotatable bonds is 5. The molecule has 0 aromatic carbocycles. The molecule has 1 unspecified atom stereocenters. The van der Waals surface area contributed by atoms with Crippen molar-refractivity contribution in [2.45, 2.75) is 39.2 Å². The highest BCUT2D eigenvalue weighted by Gasteiger charge is 2.24. The van der Waals surface area contributed by atoms with Crippen LogP contribution in [-0.4, -0.2) is 37.7 Å². The van der Waals surface area contributed by atoms with Gasteiger partial charge in [-0.1, -0.05) is 20.3 Å². The summed E-state index contributed by atoms with van der Waals surface area (Å²) in [5.41, 5.74) is 0. The Morgan fingerprint density at radius 3 is 2.92 bits per heavy atom. The van der Waals surface area contributed by atoms with E-state index in [1.807, 2.05) is 0 Å². The molecule has 0 saturated carbocycles. The van der Waals surface area contributed by atoms with Crippen molar-refractivity contribution in [1.82, 2.24) is 4.90 Å². The first-order valence-electron chi connectivity index (χ1n) is 5.51. The first-order valence-corrected chi connectivity index (χ1v) is 5.51. The Balaban J connectivity index is 2.30. The zero-order valence-electron chi connectivity index (χ0n) is 9.25. The maximum Gasteiger partial charge on any atom is 0.0618 e. The van der Waals surface area contributed by atoms with Gasteiger partial charge in [-0.25, -0.2) is 0 Å². The third kappa shape index (κ3) is 3.28. The van der Waals surface area contributed by atoms with Gasteiger partial charge in [0, 0.05) is 19.7 Å². The molecule has 1 fully saturated rings. The van der Waals surface area contributed by atoms with E-state index >= 15 is 0 Å². The Morgan fingerprint density at radius 1 is 1.54 bits per heavy atom. The van der Waals surface area contributed by atoms with Crippen molar-refractivity contribution in [2.75, 3.05) is 26.8 Å². The molecule has 0 amide bonds. The fourth-order valence-corrected chi connectivity index (χ4v) is 2.05. The Bertz CT molecular complexity index is 138. The van der Waals surface area contributed by atoms with E-state index in [0.717, 1.165) is 12.5 Å². The van der Waals surface area contributed by atoms with Crippen LogP contribution in [-0.2, 0) is 4.74 Å². The Morgan fingerprint density at radius 2 is 2.31 bits per heavy atom. The minimum absolute atomic E-state index is 0.694. The first kappa shape index (κ1) is 11.0. The molecule has 1 aliphatic rings. The molecule has 1 rings (SSSR count). The van der Waals surface area contributed by atoms with Crippen LogP contribution in [0.3, 0.4) is 0 Å². The highest BCUT2D eigenvalue weighted by atomic mass is 16.5. The van der Waals surface area contributed by atoms with E-state index in [9.17, 15) is 0 Å². The molecule has 1 aliphatic heterocycles. The lowest BCUT2D eigenvalue weighted by molar-refractivity contribution is 0.107. The van der Waals surface area contributed by atoms with E-state index < -0.39 is 0 Å². The van der Waals surface area contributed by atoms with Gasteiger partial charge in [-0.3, -0.25) is 4.90 Å². The lowest BCUT2D eigenvalue weighted by Gasteiger charge is -2.26. The second-order valence-corrected chi connectivity index (χ2v) is 4.26. The lowest BCUT2D eigenvalue weighted by atomic mass is 10.1. The molecule has 78 valence electrons. The van der Waals surface area contributed by atoms with Crippen LogP contribution in [0.4, 0.5) is 0 Å². The minimum Gasteiger partial charge on any atom is -0.383 e. The molecule has 0 bridgehead atoms. The van der Waals surface area contributed by atoms with Gasteiger partial charge in [0.05, 0.1) is 6.61 Å². The van der Waals surface area contributed by atoms with Gasteiger partial charge in [0.2, 0.25) is 0 Å². The number of hydrogen-bond donors (Lipinski definition) is 0. The third-order valence-corrected chi connectivity index (χ3v) is 3.10. The first-order chi connectivity index (χ1) is 6.27. The van der Waals surface area contributed by atoms with Crippen LogP contribution >= 0.6 is 0 Å². The van der Waals surface area contributed by atoms with Crippen LogP contribution in [0.25, 0.3) is 0 Å². The van der Waals surface area contributed by atoms with Crippen LogP contribution in [0.2, 0.25) is 0 Å². The summed E-state index contributed by atoms with van der Waals surface area (Å²) in [5, 5.41) is 0. The van der Waals surface area contributed by atoms with E-state index in [1.165, 1.54) is 32.4 Å². The van der Waals surface area contributed by atoms with Crippen molar-refractivity contribution in [3.05, 3.63) is 0 Å². The number of methoxy groups -OCH3 is 1. The zero-order chi connectivity index (χ0) is 9.68. The summed E-state index contributed by atoms with van der Waals surface area (Å²) in [6, 6.07) is 0.694. The van der Waals surface area contributed by atoms with Crippen molar-refractivity contribution < 1.29 is 4.74 Å². The molecular weight excluding hydrogens is 162 g/mol. The zero-order valence-corrected chi connectivity index (χ0v) is 9.25. The van der Waals surface area contributed by atoms with E-state index in [2.05, 4.69) is 18.7 Å². The number of likely N-dealkylation sites (tertiary alicyclic amines) is 1. The second-order valence-electron chi connectivity index (χ2n) is 4.26. The maximum atomic E-state index is 5.23. The second kappa shape index (κ2) is 5.61. The number of ether oxygens (including phenoxy) is 1. The van der Waals surface area contributed by atoms with Gasteiger partial charge < -0.3 is 4.74 Å². The molecule has 0 aromatic heterocycles. The van der Waals surface area contributed by atoms with Crippen LogP contribution in [0.15, 0.2) is 0 Å². The molecule has 2 atom stereocenters. The van der Waals surface area contributed by atoms with Crippen LogP contribution in [0.5, 0.6) is 0 Å². The monoisotopic (exact) mass is 185 g/mol. The number of nitrogens with zero attached hydrogens (tertiary/aromatic N) is 1. The molecule has 2 heteroatoms. The quantitative estimate of drug-likeness (QED) is 0.650. The molecule has 0 aromatic rings. The lowest BCUT2D eigenvalue weighted by Crippen LogP contribution is -2.35. The van der Waals surface area contributed by atoms with Crippen LogP contribution < -0.4 is 0 Å². The SMILES string of the molecule is CCC(C)CN1CCC[C@H]1COC. The molecule has 13 heavy (non-hydrogen) atoms. The maximum absolute atomic E-state index is 5.23. The smallest absolute Gasteiger partial charge is 0.0618 e. The van der Waals surface area contributed by atoms with Crippen molar-refractivity contribution in [2.24, 2.45) is 5.92 Å². The van der Waals surface area contributed by atoms with Gasteiger partial charge in [-0.15, -0.1) is 0 Å². The summed E-state index contributed by atoms with van der Waals surface area (Å²) in [6.07, 6.45) is 3.96. The van der Waals surface area contributed by atoms with Crippen LogP contribution in [0, 0.1) is 5.92 Å². The summed E-state index contributed by atoms with van der Waals surface area (Å²) in [4.78, 5) is 2.59. The molecule has 0 radical (unpaired) electrons. The van der Waals surface area contributed by atoms with E-state index in [4.69, 9.17) is 4.74 Å². The predicted molar refractivity (Wildman–Crippen MR) is 55.9 cm³/mol. The molecule has 0 spiro atoms. The van der Waals surface area contributed by atoms with Crippen LogP contribution in [0.1, 0.15) is 33.1 Å². The summed E-state index contributed by atoms with van der Waals surface area (Å²) >= 11 is 0. The third-order valence-electron chi connectivity index (χ3n) is 3.10. The van der Waals surface area contributed by atoms with Crippen molar-refractivity contribution in [1.29, 1.82) is 0 Å². The number of hydrogen-bond acceptors (Lipinski definition) is 2. The van der Waals surface area contributed by atoms with E-state index in [-0.39, 0.29) is 0 Å². The van der Waals surface area contributed by atoms with Gasteiger partial charge >= 0.3 is 0 Å². The predicted octanol–water partition coefficient (Wildman–Crippen LogP) is 2.14. The summed E-state index contributed by atoms with van der Waals surface area (Å²) in [6.45, 7) is 8.05. The fourth-order valence-electron chi connectivity index (χ4n) is 2.05. The van der Waals surface area contributed by atoms with Gasteiger partial charge in [0.15, 0.2) is 0 Å². The van der Waals surface area contributed by atoms with Gasteiger partial charge in [-0.2, -0.15) is 0 Å². The molecule has 0 aliphatic carbocycles.